The van der Waals surface area contributed by atoms with Crippen LogP contribution in [0.1, 0.15) is 18.9 Å². The van der Waals surface area contributed by atoms with Crippen molar-refractivity contribution in [1.82, 2.24) is 10.6 Å². The Bertz CT molecular complexity index is 866. The highest BCUT2D eigenvalue weighted by Gasteiger charge is 2.30. The molecule has 3 N–H and O–H groups in total. The van der Waals surface area contributed by atoms with Crippen LogP contribution in [0.3, 0.4) is 0 Å². The molecule has 7 heteroatoms. The van der Waals surface area contributed by atoms with Gasteiger partial charge in [0, 0.05) is 44.9 Å². The monoisotopic (exact) mass is 379 g/mol. The molecule has 3 rings (SSSR count). The normalized spacial score (nSPS) is 16.8. The largest absolute Gasteiger partial charge is 0.352 e. The molecule has 0 aliphatic carbocycles. The van der Waals surface area contributed by atoms with E-state index in [0.717, 1.165) is 16.9 Å². The Balaban J connectivity index is 1.55. The number of nitrogens with one attached hydrogen (secondary N) is 3. The molecule has 146 valence electrons. The number of guanidine groups is 1. The number of hydrogen-bond acceptors (Lipinski definition) is 3. The smallest absolute Gasteiger partial charge is 0.229 e. The highest BCUT2D eigenvalue weighted by molar-refractivity contribution is 5.97. The fourth-order valence-electron chi connectivity index (χ4n) is 3.20. The van der Waals surface area contributed by atoms with Crippen molar-refractivity contribution in [3.8, 4) is 0 Å². The van der Waals surface area contributed by atoms with Crippen molar-refractivity contribution >= 4 is 29.1 Å². The van der Waals surface area contributed by atoms with E-state index >= 15 is 0 Å². The van der Waals surface area contributed by atoms with Crippen LogP contribution in [-0.2, 0) is 16.1 Å². The van der Waals surface area contributed by atoms with Crippen LogP contribution in [0.5, 0.6) is 0 Å². The second kappa shape index (κ2) is 9.03. The van der Waals surface area contributed by atoms with Gasteiger partial charge in [-0.3, -0.25) is 14.6 Å². The Labute approximate surface area is 164 Å². The molecule has 0 spiro atoms. The summed E-state index contributed by atoms with van der Waals surface area (Å²) in [6.07, 6.45) is 0.424. The molecule has 1 fully saturated rings. The van der Waals surface area contributed by atoms with Gasteiger partial charge in [0.15, 0.2) is 5.96 Å². The number of carbonyl (C=O) groups excluding carboxylic acids is 2. The van der Waals surface area contributed by atoms with Gasteiger partial charge >= 0.3 is 0 Å². The summed E-state index contributed by atoms with van der Waals surface area (Å²) in [5.74, 6) is 0.635. The third-order valence-electron chi connectivity index (χ3n) is 4.46. The zero-order valence-electron chi connectivity index (χ0n) is 16.1. The van der Waals surface area contributed by atoms with Crippen LogP contribution < -0.4 is 20.9 Å². The van der Waals surface area contributed by atoms with Crippen molar-refractivity contribution in [2.24, 2.45) is 4.99 Å². The first-order chi connectivity index (χ1) is 13.5. The first-order valence-corrected chi connectivity index (χ1v) is 9.24. The van der Waals surface area contributed by atoms with Crippen LogP contribution in [0.15, 0.2) is 59.6 Å². The molecule has 1 aliphatic heterocycles. The molecule has 2 amide bonds. The quantitative estimate of drug-likeness (QED) is 0.549. The van der Waals surface area contributed by atoms with Gasteiger partial charge in [-0.2, -0.15) is 0 Å². The summed E-state index contributed by atoms with van der Waals surface area (Å²) in [6.45, 7) is 2.63. The number of nitrogens with zero attached hydrogens (tertiary/aromatic N) is 2. The van der Waals surface area contributed by atoms with Crippen LogP contribution in [0, 0.1) is 0 Å². The highest BCUT2D eigenvalue weighted by Crippen LogP contribution is 2.21. The van der Waals surface area contributed by atoms with E-state index in [0.29, 0.717) is 25.5 Å². The SMILES string of the molecule is CN=C(NCc1cccc(NC(C)=O)c1)NC1CC(=O)N(c2ccccc2)C1. The van der Waals surface area contributed by atoms with E-state index in [-0.39, 0.29) is 17.9 Å². The maximum absolute atomic E-state index is 12.4. The number of benzene rings is 2. The summed E-state index contributed by atoms with van der Waals surface area (Å²) < 4.78 is 0. The molecule has 1 aliphatic rings. The van der Waals surface area contributed by atoms with Crippen molar-refractivity contribution in [3.05, 3.63) is 60.2 Å². The van der Waals surface area contributed by atoms with Gasteiger partial charge in [0.1, 0.15) is 0 Å². The molecule has 1 unspecified atom stereocenters. The maximum atomic E-state index is 12.4. The highest BCUT2D eigenvalue weighted by atomic mass is 16.2. The molecule has 0 aromatic heterocycles. The van der Waals surface area contributed by atoms with Crippen molar-refractivity contribution in [2.45, 2.75) is 25.9 Å². The number of rotatable bonds is 5. The molecular weight excluding hydrogens is 354 g/mol. The molecule has 2 aromatic rings. The van der Waals surface area contributed by atoms with E-state index in [2.05, 4.69) is 20.9 Å². The van der Waals surface area contributed by atoms with E-state index in [1.165, 1.54) is 6.92 Å². The number of carbonyl (C=O) groups is 2. The Morgan fingerprint density at radius 3 is 2.68 bits per heavy atom. The van der Waals surface area contributed by atoms with Gasteiger partial charge in [-0.05, 0) is 29.8 Å². The molecule has 1 saturated heterocycles. The van der Waals surface area contributed by atoms with Crippen LogP contribution in [-0.4, -0.2) is 37.4 Å². The lowest BCUT2D eigenvalue weighted by atomic mass is 10.2. The Hall–Kier alpha value is -3.35. The molecule has 0 saturated carbocycles. The summed E-state index contributed by atoms with van der Waals surface area (Å²) in [5, 5.41) is 9.35. The van der Waals surface area contributed by atoms with Crippen LogP contribution in [0.4, 0.5) is 11.4 Å². The van der Waals surface area contributed by atoms with E-state index in [1.807, 2.05) is 54.6 Å². The maximum Gasteiger partial charge on any atom is 0.229 e. The van der Waals surface area contributed by atoms with Gasteiger partial charge in [-0.25, -0.2) is 0 Å². The molecule has 28 heavy (non-hydrogen) atoms. The third-order valence-corrected chi connectivity index (χ3v) is 4.46. The van der Waals surface area contributed by atoms with Gasteiger partial charge in [0.05, 0.1) is 6.04 Å². The summed E-state index contributed by atoms with van der Waals surface area (Å²) in [7, 11) is 1.70. The second-order valence-electron chi connectivity index (χ2n) is 6.69. The van der Waals surface area contributed by atoms with E-state index in [1.54, 1.807) is 11.9 Å². The van der Waals surface area contributed by atoms with Crippen molar-refractivity contribution in [1.29, 1.82) is 0 Å². The fourth-order valence-corrected chi connectivity index (χ4v) is 3.20. The van der Waals surface area contributed by atoms with Crippen LogP contribution >= 0.6 is 0 Å². The molecule has 0 radical (unpaired) electrons. The number of para-hydroxylation sites is 1. The lowest BCUT2D eigenvalue weighted by molar-refractivity contribution is -0.117. The lowest BCUT2D eigenvalue weighted by Crippen LogP contribution is -2.44. The minimum atomic E-state index is -0.101. The number of aliphatic imine (C=N–C) groups is 1. The van der Waals surface area contributed by atoms with Gasteiger partial charge in [0.25, 0.3) is 0 Å². The van der Waals surface area contributed by atoms with E-state index in [4.69, 9.17) is 0 Å². The summed E-state index contributed by atoms with van der Waals surface area (Å²) in [5.41, 5.74) is 2.69. The first kappa shape index (κ1) is 19.4. The summed E-state index contributed by atoms with van der Waals surface area (Å²) in [6, 6.07) is 17.3. The molecule has 7 nitrogen and oxygen atoms in total. The molecular formula is C21H25N5O2. The van der Waals surface area contributed by atoms with E-state index < -0.39 is 0 Å². The van der Waals surface area contributed by atoms with Crippen LogP contribution in [0.25, 0.3) is 0 Å². The van der Waals surface area contributed by atoms with Gasteiger partial charge in [0.2, 0.25) is 11.8 Å². The second-order valence-corrected chi connectivity index (χ2v) is 6.69. The molecule has 1 heterocycles. The summed E-state index contributed by atoms with van der Waals surface area (Å²) >= 11 is 0. The van der Waals surface area contributed by atoms with Crippen molar-refractivity contribution in [3.63, 3.8) is 0 Å². The predicted molar refractivity (Wildman–Crippen MR) is 111 cm³/mol. The predicted octanol–water partition coefficient (Wildman–Crippen LogP) is 2.12. The standard InChI is InChI=1S/C21H25N5O2/c1-15(27)24-17-8-6-7-16(11-17)13-23-21(22-2)25-18-12-20(28)26(14-18)19-9-4-3-5-10-19/h3-11,18H,12-14H2,1-2H3,(H,24,27)(H2,22,23,25). The molecule has 0 bridgehead atoms. The zero-order chi connectivity index (χ0) is 19.9. The number of anilines is 2. The molecule has 1 atom stereocenters. The third kappa shape index (κ3) is 5.09. The Kier molecular flexibility index (Phi) is 6.26. The minimum Gasteiger partial charge on any atom is -0.352 e. The average Bonchev–Trinajstić information content (AvgIpc) is 3.05. The Morgan fingerprint density at radius 1 is 1.18 bits per heavy atom. The van der Waals surface area contributed by atoms with Crippen LogP contribution in [0.2, 0.25) is 0 Å². The zero-order valence-corrected chi connectivity index (χ0v) is 16.1. The minimum absolute atomic E-state index is 0.00961. The fraction of sp³-hybridized carbons (Fsp3) is 0.286. The lowest BCUT2D eigenvalue weighted by Gasteiger charge is -2.19. The Morgan fingerprint density at radius 2 is 1.96 bits per heavy atom. The first-order valence-electron chi connectivity index (χ1n) is 9.24. The van der Waals surface area contributed by atoms with Gasteiger partial charge in [-0.15, -0.1) is 0 Å². The summed E-state index contributed by atoms with van der Waals surface area (Å²) in [4.78, 5) is 29.6. The van der Waals surface area contributed by atoms with Gasteiger partial charge in [-0.1, -0.05) is 30.3 Å². The topological polar surface area (TPSA) is 85.8 Å². The average molecular weight is 379 g/mol. The van der Waals surface area contributed by atoms with E-state index in [9.17, 15) is 9.59 Å². The van der Waals surface area contributed by atoms with Crippen molar-refractivity contribution in [2.75, 3.05) is 23.8 Å². The number of hydrogen-bond donors (Lipinski definition) is 3. The van der Waals surface area contributed by atoms with Crippen molar-refractivity contribution < 1.29 is 9.59 Å². The molecule has 2 aromatic carbocycles. The van der Waals surface area contributed by atoms with Gasteiger partial charge < -0.3 is 20.9 Å². The number of amides is 2.